The summed E-state index contributed by atoms with van der Waals surface area (Å²) >= 11 is 0. The van der Waals surface area contributed by atoms with Crippen LogP contribution in [0.3, 0.4) is 0 Å². The Morgan fingerprint density at radius 1 is 1.50 bits per heavy atom. The zero-order valence-electron chi connectivity index (χ0n) is 8.14. The average molecular weight is 189 g/mol. The van der Waals surface area contributed by atoms with E-state index >= 15 is 0 Å². The van der Waals surface area contributed by atoms with Gasteiger partial charge in [-0.05, 0) is 19.1 Å². The molecule has 4 heteroatoms. The molecule has 0 aliphatic heterocycles. The van der Waals surface area contributed by atoms with Crippen molar-refractivity contribution in [2.45, 2.75) is 6.92 Å². The Balaban J connectivity index is 2.62. The molecule has 72 valence electrons. The predicted molar refractivity (Wildman–Crippen MR) is 54.5 cm³/mol. The van der Waals surface area contributed by atoms with Crippen LogP contribution in [0.2, 0.25) is 0 Å². The topological polar surface area (TPSA) is 38.9 Å². The molecule has 0 radical (unpaired) electrons. The van der Waals surface area contributed by atoms with Crippen molar-refractivity contribution < 1.29 is 4.84 Å². The van der Waals surface area contributed by atoms with E-state index in [9.17, 15) is 0 Å². The third-order valence-electron chi connectivity index (χ3n) is 2.03. The van der Waals surface area contributed by atoms with Gasteiger partial charge >= 0.3 is 0 Å². The molecule has 0 unspecified atom stereocenters. The van der Waals surface area contributed by atoms with Crippen molar-refractivity contribution in [3.8, 4) is 0 Å². The fourth-order valence-corrected chi connectivity index (χ4v) is 1.39. The van der Waals surface area contributed by atoms with Gasteiger partial charge in [-0.15, -0.1) is 0 Å². The summed E-state index contributed by atoms with van der Waals surface area (Å²) < 4.78 is 1.97. The summed E-state index contributed by atoms with van der Waals surface area (Å²) in [5.74, 6) is 0. The van der Waals surface area contributed by atoms with E-state index in [2.05, 4.69) is 15.0 Å². The number of aryl methyl sites for hydroxylation is 1. The number of rotatable bonds is 2. The van der Waals surface area contributed by atoms with Gasteiger partial charge in [-0.2, -0.15) is 0 Å². The summed E-state index contributed by atoms with van der Waals surface area (Å²) in [6, 6.07) is 5.87. The second kappa shape index (κ2) is 3.49. The maximum Gasteiger partial charge on any atom is 0.137 e. The van der Waals surface area contributed by atoms with Crippen molar-refractivity contribution in [2.75, 3.05) is 7.11 Å². The van der Waals surface area contributed by atoms with Gasteiger partial charge in [0.05, 0.1) is 17.6 Å². The van der Waals surface area contributed by atoms with E-state index in [-0.39, 0.29) is 0 Å². The number of imidazole rings is 1. The summed E-state index contributed by atoms with van der Waals surface area (Å²) in [5, 5.41) is 3.74. The van der Waals surface area contributed by atoms with E-state index in [0.29, 0.717) is 0 Å². The van der Waals surface area contributed by atoms with E-state index in [1.165, 1.54) is 7.11 Å². The number of aromatic nitrogens is 2. The maximum atomic E-state index is 4.65. The maximum absolute atomic E-state index is 4.65. The van der Waals surface area contributed by atoms with Crippen LogP contribution in [0.4, 0.5) is 0 Å². The lowest BCUT2D eigenvalue weighted by Gasteiger charge is -1.94. The van der Waals surface area contributed by atoms with Crippen LogP contribution in [0.25, 0.3) is 5.65 Å². The van der Waals surface area contributed by atoms with Gasteiger partial charge in [0.1, 0.15) is 12.8 Å². The standard InChI is InChI=1S/C10H11N3O/c1-8-9(7-11-14-2)13-6-4-3-5-10(13)12-8/h3-7H,1-2H3/b11-7-. The first-order chi connectivity index (χ1) is 6.83. The first kappa shape index (κ1) is 8.74. The van der Waals surface area contributed by atoms with Gasteiger partial charge in [0.2, 0.25) is 0 Å². The first-order valence-corrected chi connectivity index (χ1v) is 4.33. The molecule has 0 saturated carbocycles. The monoisotopic (exact) mass is 189 g/mol. The molecular weight excluding hydrogens is 178 g/mol. The molecular formula is C10H11N3O. The zero-order chi connectivity index (χ0) is 9.97. The quantitative estimate of drug-likeness (QED) is 0.532. The Morgan fingerprint density at radius 3 is 3.14 bits per heavy atom. The number of fused-ring (bicyclic) bond motifs is 1. The van der Waals surface area contributed by atoms with E-state index in [1.54, 1.807) is 6.21 Å². The molecule has 14 heavy (non-hydrogen) atoms. The Kier molecular flexibility index (Phi) is 2.18. The van der Waals surface area contributed by atoms with Crippen LogP contribution < -0.4 is 0 Å². The van der Waals surface area contributed by atoms with Crippen LogP contribution in [-0.2, 0) is 4.84 Å². The van der Waals surface area contributed by atoms with Gasteiger partial charge in [0.25, 0.3) is 0 Å². The number of pyridine rings is 1. The van der Waals surface area contributed by atoms with Crippen molar-refractivity contribution in [1.82, 2.24) is 9.38 Å². The summed E-state index contributed by atoms with van der Waals surface area (Å²) in [5.41, 5.74) is 2.81. The summed E-state index contributed by atoms with van der Waals surface area (Å²) in [4.78, 5) is 9.03. The fourth-order valence-electron chi connectivity index (χ4n) is 1.39. The Hall–Kier alpha value is -1.84. The number of hydrogen-bond donors (Lipinski definition) is 0. The predicted octanol–water partition coefficient (Wildman–Crippen LogP) is 1.62. The number of oxime groups is 1. The van der Waals surface area contributed by atoms with Crippen LogP contribution in [0.1, 0.15) is 11.4 Å². The van der Waals surface area contributed by atoms with Crippen LogP contribution in [-0.4, -0.2) is 22.7 Å². The molecule has 2 heterocycles. The number of nitrogens with zero attached hydrogens (tertiary/aromatic N) is 3. The van der Waals surface area contributed by atoms with Gasteiger partial charge in [-0.1, -0.05) is 11.2 Å². The van der Waals surface area contributed by atoms with Gasteiger partial charge in [-0.25, -0.2) is 4.98 Å². The van der Waals surface area contributed by atoms with Gasteiger partial charge in [0, 0.05) is 6.20 Å². The molecule has 0 aromatic carbocycles. The highest BCUT2D eigenvalue weighted by molar-refractivity contribution is 5.80. The highest BCUT2D eigenvalue weighted by atomic mass is 16.6. The van der Waals surface area contributed by atoms with Crippen molar-refractivity contribution in [3.05, 3.63) is 35.8 Å². The van der Waals surface area contributed by atoms with Gasteiger partial charge in [0.15, 0.2) is 0 Å². The highest BCUT2D eigenvalue weighted by Crippen LogP contribution is 2.09. The smallest absolute Gasteiger partial charge is 0.137 e. The minimum Gasteiger partial charge on any atom is -0.399 e. The zero-order valence-corrected chi connectivity index (χ0v) is 8.14. The Bertz CT molecular complexity index is 473. The lowest BCUT2D eigenvalue weighted by molar-refractivity contribution is 0.215. The Labute approximate surface area is 81.8 Å². The first-order valence-electron chi connectivity index (χ1n) is 4.33. The molecule has 0 fully saturated rings. The molecule has 0 aliphatic rings. The molecule has 0 aliphatic carbocycles. The fraction of sp³-hybridized carbons (Fsp3) is 0.200. The van der Waals surface area contributed by atoms with Crippen molar-refractivity contribution in [3.63, 3.8) is 0 Å². The highest BCUT2D eigenvalue weighted by Gasteiger charge is 2.04. The molecule has 0 bridgehead atoms. The summed E-state index contributed by atoms with van der Waals surface area (Å²) in [7, 11) is 1.52. The third kappa shape index (κ3) is 1.35. The van der Waals surface area contributed by atoms with E-state index in [1.807, 2.05) is 35.7 Å². The minimum absolute atomic E-state index is 0.919. The minimum atomic E-state index is 0.919. The molecule has 0 N–H and O–H groups in total. The molecule has 0 spiro atoms. The average Bonchev–Trinajstić information content (AvgIpc) is 2.51. The van der Waals surface area contributed by atoms with Gasteiger partial charge < -0.3 is 4.84 Å². The van der Waals surface area contributed by atoms with E-state index in [4.69, 9.17) is 0 Å². The second-order valence-corrected chi connectivity index (χ2v) is 2.93. The molecule has 4 nitrogen and oxygen atoms in total. The molecule has 2 rings (SSSR count). The lowest BCUT2D eigenvalue weighted by atomic mass is 10.4. The summed E-state index contributed by atoms with van der Waals surface area (Å²) in [6.07, 6.45) is 3.61. The normalized spacial score (nSPS) is 11.3. The lowest BCUT2D eigenvalue weighted by Crippen LogP contribution is -1.92. The van der Waals surface area contributed by atoms with Crippen LogP contribution in [0.5, 0.6) is 0 Å². The molecule has 0 amide bonds. The summed E-state index contributed by atoms with van der Waals surface area (Å²) in [6.45, 7) is 1.95. The molecule has 2 aromatic heterocycles. The van der Waals surface area contributed by atoms with Crippen molar-refractivity contribution >= 4 is 11.9 Å². The molecule has 2 aromatic rings. The van der Waals surface area contributed by atoms with Crippen molar-refractivity contribution in [2.24, 2.45) is 5.16 Å². The molecule has 0 saturated heterocycles. The van der Waals surface area contributed by atoms with E-state index in [0.717, 1.165) is 17.0 Å². The SMILES string of the molecule is CO/N=C\c1c(C)nc2ccccn12. The van der Waals surface area contributed by atoms with Crippen molar-refractivity contribution in [1.29, 1.82) is 0 Å². The Morgan fingerprint density at radius 2 is 2.36 bits per heavy atom. The third-order valence-corrected chi connectivity index (χ3v) is 2.03. The number of hydrogen-bond acceptors (Lipinski definition) is 3. The second-order valence-electron chi connectivity index (χ2n) is 2.93. The van der Waals surface area contributed by atoms with E-state index < -0.39 is 0 Å². The van der Waals surface area contributed by atoms with Crippen LogP contribution >= 0.6 is 0 Å². The molecule has 0 atom stereocenters. The van der Waals surface area contributed by atoms with Gasteiger partial charge in [-0.3, -0.25) is 4.40 Å². The van der Waals surface area contributed by atoms with Crippen LogP contribution in [0, 0.1) is 6.92 Å². The van der Waals surface area contributed by atoms with Crippen LogP contribution in [0.15, 0.2) is 29.6 Å². The largest absolute Gasteiger partial charge is 0.399 e.